The summed E-state index contributed by atoms with van der Waals surface area (Å²) in [5.41, 5.74) is 4.70. The Bertz CT molecular complexity index is 705. The number of hydrogen-bond acceptors (Lipinski definition) is 3. The number of benzene rings is 1. The quantitative estimate of drug-likeness (QED) is 0.628. The zero-order valence-corrected chi connectivity index (χ0v) is 15.2. The average Bonchev–Trinajstić information content (AvgIpc) is 2.84. The first-order valence-corrected chi connectivity index (χ1v) is 8.12. The van der Waals surface area contributed by atoms with E-state index in [0.29, 0.717) is 6.54 Å². The first-order chi connectivity index (χ1) is 11.6. The molecule has 0 amide bonds. The van der Waals surface area contributed by atoms with E-state index in [2.05, 4.69) is 34.6 Å². The van der Waals surface area contributed by atoms with Crippen molar-refractivity contribution in [2.75, 3.05) is 20.7 Å². The zero-order chi connectivity index (χ0) is 17.5. The van der Waals surface area contributed by atoms with Crippen LogP contribution >= 0.6 is 0 Å². The van der Waals surface area contributed by atoms with Crippen molar-refractivity contribution in [2.24, 2.45) is 12.0 Å². The summed E-state index contributed by atoms with van der Waals surface area (Å²) in [7, 11) is 5.44. The number of aromatic nitrogens is 2. The largest absolute Gasteiger partial charge is 0.496 e. The van der Waals surface area contributed by atoms with Crippen molar-refractivity contribution in [1.82, 2.24) is 20.4 Å². The van der Waals surface area contributed by atoms with Crippen LogP contribution in [0.15, 0.2) is 29.3 Å². The smallest absolute Gasteiger partial charge is 0.191 e. The van der Waals surface area contributed by atoms with Crippen molar-refractivity contribution in [3.8, 4) is 5.75 Å². The summed E-state index contributed by atoms with van der Waals surface area (Å²) in [5.74, 6) is 1.65. The van der Waals surface area contributed by atoms with Crippen LogP contribution in [0.5, 0.6) is 5.75 Å². The highest BCUT2D eigenvalue weighted by molar-refractivity contribution is 5.79. The van der Waals surface area contributed by atoms with E-state index >= 15 is 0 Å². The Hall–Kier alpha value is -2.50. The van der Waals surface area contributed by atoms with E-state index in [9.17, 15) is 0 Å². The first-order valence-electron chi connectivity index (χ1n) is 8.12. The van der Waals surface area contributed by atoms with Crippen molar-refractivity contribution in [1.29, 1.82) is 0 Å². The molecule has 1 aromatic heterocycles. The Morgan fingerprint density at radius 2 is 2.00 bits per heavy atom. The summed E-state index contributed by atoms with van der Waals surface area (Å²) in [5, 5.41) is 11.1. The van der Waals surface area contributed by atoms with Crippen molar-refractivity contribution >= 4 is 5.96 Å². The number of nitrogens with zero attached hydrogens (tertiary/aromatic N) is 3. The minimum absolute atomic E-state index is 0.661. The molecule has 0 aliphatic rings. The normalized spacial score (nSPS) is 11.5. The highest BCUT2D eigenvalue weighted by atomic mass is 16.5. The lowest BCUT2D eigenvalue weighted by Gasteiger charge is -2.13. The molecule has 0 spiro atoms. The Kier molecular flexibility index (Phi) is 6.23. The fourth-order valence-electron chi connectivity index (χ4n) is 2.73. The van der Waals surface area contributed by atoms with Gasteiger partial charge in [-0.15, -0.1) is 0 Å². The Labute approximate surface area is 143 Å². The third-order valence-corrected chi connectivity index (χ3v) is 4.19. The number of rotatable bonds is 6. The first kappa shape index (κ1) is 17.8. The number of aryl methyl sites for hydroxylation is 2. The minimum atomic E-state index is 0.661. The summed E-state index contributed by atoms with van der Waals surface area (Å²) in [4.78, 5) is 4.27. The van der Waals surface area contributed by atoms with Crippen LogP contribution < -0.4 is 15.4 Å². The van der Waals surface area contributed by atoms with E-state index in [0.717, 1.165) is 35.9 Å². The second-order valence-corrected chi connectivity index (χ2v) is 5.69. The van der Waals surface area contributed by atoms with Gasteiger partial charge in [-0.2, -0.15) is 5.10 Å². The molecule has 0 bridgehead atoms. The highest BCUT2D eigenvalue weighted by Crippen LogP contribution is 2.16. The predicted octanol–water partition coefficient (Wildman–Crippen LogP) is 1.95. The third kappa shape index (κ3) is 4.28. The molecule has 1 aromatic carbocycles. The van der Waals surface area contributed by atoms with Crippen molar-refractivity contribution in [3.05, 3.63) is 46.8 Å². The molecule has 1 heterocycles. The minimum Gasteiger partial charge on any atom is -0.496 e. The van der Waals surface area contributed by atoms with Gasteiger partial charge < -0.3 is 15.4 Å². The van der Waals surface area contributed by atoms with E-state index in [1.807, 2.05) is 36.0 Å². The number of ether oxygens (including phenoxy) is 1. The SMILES string of the molecule is CN=C(NCCc1c(C)nn(C)c1C)NCc1ccccc1OC. The average molecular weight is 329 g/mol. The molecule has 0 saturated heterocycles. The molecule has 6 nitrogen and oxygen atoms in total. The van der Waals surface area contributed by atoms with Gasteiger partial charge in [-0.1, -0.05) is 18.2 Å². The topological polar surface area (TPSA) is 63.5 Å². The number of aliphatic imine (C=N–C) groups is 1. The van der Waals surface area contributed by atoms with Crippen LogP contribution in [0.3, 0.4) is 0 Å². The van der Waals surface area contributed by atoms with Gasteiger partial charge in [-0.05, 0) is 31.9 Å². The molecule has 2 rings (SSSR count). The van der Waals surface area contributed by atoms with Gasteiger partial charge in [0.05, 0.1) is 12.8 Å². The van der Waals surface area contributed by atoms with E-state index < -0.39 is 0 Å². The third-order valence-electron chi connectivity index (χ3n) is 4.19. The maximum Gasteiger partial charge on any atom is 0.191 e. The Morgan fingerprint density at radius 1 is 1.25 bits per heavy atom. The Balaban J connectivity index is 1.87. The van der Waals surface area contributed by atoms with Gasteiger partial charge >= 0.3 is 0 Å². The lowest BCUT2D eigenvalue weighted by Crippen LogP contribution is -2.38. The molecule has 0 radical (unpaired) electrons. The van der Waals surface area contributed by atoms with E-state index in [1.54, 1.807) is 14.2 Å². The van der Waals surface area contributed by atoms with Crippen molar-refractivity contribution < 1.29 is 4.74 Å². The van der Waals surface area contributed by atoms with Crippen molar-refractivity contribution in [3.63, 3.8) is 0 Å². The fourth-order valence-corrected chi connectivity index (χ4v) is 2.73. The monoisotopic (exact) mass is 329 g/mol. The molecule has 0 fully saturated rings. The van der Waals surface area contributed by atoms with Crippen LogP contribution in [0, 0.1) is 13.8 Å². The van der Waals surface area contributed by atoms with Gasteiger partial charge in [-0.3, -0.25) is 9.67 Å². The maximum absolute atomic E-state index is 5.37. The van der Waals surface area contributed by atoms with E-state index in [-0.39, 0.29) is 0 Å². The molecular weight excluding hydrogens is 302 g/mol. The second-order valence-electron chi connectivity index (χ2n) is 5.69. The molecule has 0 aliphatic heterocycles. The van der Waals surface area contributed by atoms with Crippen LogP contribution in [0.4, 0.5) is 0 Å². The highest BCUT2D eigenvalue weighted by Gasteiger charge is 2.09. The molecular formula is C18H27N5O. The van der Waals surface area contributed by atoms with Crippen LogP contribution in [-0.4, -0.2) is 36.4 Å². The van der Waals surface area contributed by atoms with Crippen LogP contribution in [-0.2, 0) is 20.0 Å². The zero-order valence-electron chi connectivity index (χ0n) is 15.2. The molecule has 0 saturated carbocycles. The van der Waals surface area contributed by atoms with Gasteiger partial charge in [0.2, 0.25) is 0 Å². The maximum atomic E-state index is 5.37. The molecule has 2 N–H and O–H groups in total. The molecule has 6 heteroatoms. The molecule has 24 heavy (non-hydrogen) atoms. The number of para-hydroxylation sites is 1. The predicted molar refractivity (Wildman–Crippen MR) is 97.6 cm³/mol. The molecule has 2 aromatic rings. The standard InChI is InChI=1S/C18H27N5O/c1-13-16(14(2)23(4)22-13)10-11-20-18(19-3)21-12-15-8-6-7-9-17(15)24-5/h6-9H,10-12H2,1-5H3,(H2,19,20,21). The fraction of sp³-hybridized carbons (Fsp3) is 0.444. The number of hydrogen-bond donors (Lipinski definition) is 2. The molecule has 0 aliphatic carbocycles. The molecule has 0 unspecified atom stereocenters. The lowest BCUT2D eigenvalue weighted by atomic mass is 10.1. The van der Waals surface area contributed by atoms with Gasteiger partial charge in [0.1, 0.15) is 5.75 Å². The molecule has 130 valence electrons. The van der Waals surface area contributed by atoms with Crippen molar-refractivity contribution in [2.45, 2.75) is 26.8 Å². The van der Waals surface area contributed by atoms with E-state index in [4.69, 9.17) is 4.74 Å². The lowest BCUT2D eigenvalue weighted by molar-refractivity contribution is 0.409. The van der Waals surface area contributed by atoms with Gasteiger partial charge in [0.15, 0.2) is 5.96 Å². The Morgan fingerprint density at radius 3 is 2.62 bits per heavy atom. The van der Waals surface area contributed by atoms with Crippen LogP contribution in [0.25, 0.3) is 0 Å². The summed E-state index contributed by atoms with van der Waals surface area (Å²) in [6.45, 7) is 5.62. The number of methoxy groups -OCH3 is 1. The number of nitrogens with one attached hydrogen (secondary N) is 2. The molecule has 0 atom stereocenters. The second kappa shape index (κ2) is 8.38. The summed E-state index contributed by atoms with van der Waals surface area (Å²) >= 11 is 0. The van der Waals surface area contributed by atoms with Gasteiger partial charge in [0.25, 0.3) is 0 Å². The summed E-state index contributed by atoms with van der Waals surface area (Å²) in [6, 6.07) is 7.97. The number of guanidine groups is 1. The van der Waals surface area contributed by atoms with Gasteiger partial charge in [0, 0.05) is 38.4 Å². The summed E-state index contributed by atoms with van der Waals surface area (Å²) < 4.78 is 7.30. The van der Waals surface area contributed by atoms with Crippen LogP contribution in [0.2, 0.25) is 0 Å². The summed E-state index contributed by atoms with van der Waals surface area (Å²) in [6.07, 6.45) is 0.918. The van der Waals surface area contributed by atoms with E-state index in [1.165, 1.54) is 11.3 Å². The van der Waals surface area contributed by atoms with Crippen LogP contribution in [0.1, 0.15) is 22.5 Å². The van der Waals surface area contributed by atoms with Gasteiger partial charge in [-0.25, -0.2) is 0 Å².